The van der Waals surface area contributed by atoms with Crippen LogP contribution < -0.4 is 9.60 Å². The van der Waals surface area contributed by atoms with Crippen LogP contribution in [0.2, 0.25) is 0 Å². The van der Waals surface area contributed by atoms with Crippen molar-refractivity contribution >= 4 is 33.1 Å². The number of thioether (sulfide) groups is 1. The van der Waals surface area contributed by atoms with Crippen molar-refractivity contribution in [1.29, 1.82) is 0 Å². The summed E-state index contributed by atoms with van der Waals surface area (Å²) in [4.78, 5) is 13.4. The van der Waals surface area contributed by atoms with E-state index in [1.165, 1.54) is 0 Å². The molecule has 0 spiro atoms. The Morgan fingerprint density at radius 3 is 2.53 bits per heavy atom. The predicted octanol–water partition coefficient (Wildman–Crippen LogP) is 1.70. The molecular weight excluding hydrogens is 304 g/mol. The molecule has 8 heteroatoms. The molecule has 0 atom stereocenters. The van der Waals surface area contributed by atoms with Gasteiger partial charge in [0.15, 0.2) is 4.21 Å². The molecular formula is C11H18N2O3S3. The van der Waals surface area contributed by atoms with Gasteiger partial charge in [-0.15, -0.1) is 0 Å². The third-order valence-corrected chi connectivity index (χ3v) is 7.98. The van der Waals surface area contributed by atoms with Gasteiger partial charge < -0.3 is 4.98 Å². The molecule has 1 aromatic heterocycles. The normalized spacial score (nSPS) is 18.8. The SMILES string of the molecule is CSC1(CNS(=O)(=O)c2sc(=O)[nH]c2C)CCCC1. The molecule has 0 amide bonds. The first-order chi connectivity index (χ1) is 8.88. The molecule has 108 valence electrons. The number of thiazole rings is 1. The highest BCUT2D eigenvalue weighted by molar-refractivity contribution is 8.00. The zero-order chi connectivity index (χ0) is 14.1. The van der Waals surface area contributed by atoms with Gasteiger partial charge in [-0.25, -0.2) is 13.1 Å². The first-order valence-corrected chi connectivity index (χ1v) is 9.65. The summed E-state index contributed by atoms with van der Waals surface area (Å²) in [5.41, 5.74) is 0.409. The molecule has 2 N–H and O–H groups in total. The number of aromatic nitrogens is 1. The van der Waals surface area contributed by atoms with Crippen LogP contribution in [0.4, 0.5) is 0 Å². The number of aromatic amines is 1. The smallest absolute Gasteiger partial charge is 0.305 e. The van der Waals surface area contributed by atoms with Crippen molar-refractivity contribution in [1.82, 2.24) is 9.71 Å². The van der Waals surface area contributed by atoms with Crippen LogP contribution in [0.5, 0.6) is 0 Å². The summed E-state index contributed by atoms with van der Waals surface area (Å²) in [7, 11) is -3.58. The van der Waals surface area contributed by atoms with Crippen LogP contribution in [-0.4, -0.2) is 30.9 Å². The van der Waals surface area contributed by atoms with Gasteiger partial charge in [-0.05, 0) is 26.0 Å². The Hall–Kier alpha value is -0.310. The molecule has 1 aliphatic rings. The van der Waals surface area contributed by atoms with Crippen molar-refractivity contribution in [2.45, 2.75) is 41.6 Å². The van der Waals surface area contributed by atoms with E-state index in [9.17, 15) is 13.2 Å². The van der Waals surface area contributed by atoms with Crippen LogP contribution in [-0.2, 0) is 10.0 Å². The first-order valence-electron chi connectivity index (χ1n) is 6.13. The average molecular weight is 322 g/mol. The maximum absolute atomic E-state index is 12.2. The molecule has 1 heterocycles. The van der Waals surface area contributed by atoms with E-state index in [0.717, 1.165) is 37.0 Å². The van der Waals surface area contributed by atoms with Gasteiger partial charge >= 0.3 is 4.87 Å². The summed E-state index contributed by atoms with van der Waals surface area (Å²) in [5.74, 6) is 0. The summed E-state index contributed by atoms with van der Waals surface area (Å²) in [6.45, 7) is 2.04. The zero-order valence-corrected chi connectivity index (χ0v) is 13.4. The summed E-state index contributed by atoms with van der Waals surface area (Å²) in [5, 5.41) is 0. The zero-order valence-electron chi connectivity index (χ0n) is 11.0. The lowest BCUT2D eigenvalue weighted by molar-refractivity contribution is 0.552. The van der Waals surface area contributed by atoms with E-state index in [1.807, 2.05) is 6.26 Å². The molecule has 0 radical (unpaired) electrons. The molecule has 0 saturated heterocycles. The second kappa shape index (κ2) is 5.59. The van der Waals surface area contributed by atoms with Crippen LogP contribution in [0.15, 0.2) is 9.00 Å². The van der Waals surface area contributed by atoms with Crippen LogP contribution in [0.25, 0.3) is 0 Å². The van der Waals surface area contributed by atoms with Gasteiger partial charge in [0, 0.05) is 17.0 Å². The van der Waals surface area contributed by atoms with E-state index in [2.05, 4.69) is 9.71 Å². The number of rotatable bonds is 5. The second-order valence-corrected chi connectivity index (χ2v) is 9.07. The number of H-pyrrole nitrogens is 1. The minimum Gasteiger partial charge on any atom is -0.315 e. The molecule has 0 aliphatic heterocycles. The monoisotopic (exact) mass is 322 g/mol. The highest BCUT2D eigenvalue weighted by Gasteiger charge is 2.34. The van der Waals surface area contributed by atoms with E-state index >= 15 is 0 Å². The van der Waals surface area contributed by atoms with E-state index in [-0.39, 0.29) is 13.8 Å². The Bertz CT molecular complexity index is 597. The fourth-order valence-corrected chi connectivity index (χ4v) is 5.89. The van der Waals surface area contributed by atoms with Gasteiger partial charge in [-0.3, -0.25) is 4.79 Å². The van der Waals surface area contributed by atoms with E-state index in [1.54, 1.807) is 18.7 Å². The molecule has 0 unspecified atom stereocenters. The quantitative estimate of drug-likeness (QED) is 0.865. The van der Waals surface area contributed by atoms with Crippen molar-refractivity contribution in [3.05, 3.63) is 15.4 Å². The van der Waals surface area contributed by atoms with Crippen molar-refractivity contribution in [3.63, 3.8) is 0 Å². The molecule has 0 bridgehead atoms. The highest BCUT2D eigenvalue weighted by atomic mass is 32.2. The minimum absolute atomic E-state index is 0.0161. The van der Waals surface area contributed by atoms with Crippen molar-refractivity contribution < 1.29 is 8.42 Å². The number of hydrogen-bond donors (Lipinski definition) is 2. The summed E-state index contributed by atoms with van der Waals surface area (Å²) in [6, 6.07) is 0. The van der Waals surface area contributed by atoms with Crippen LogP contribution in [0, 0.1) is 6.92 Å². The summed E-state index contributed by atoms with van der Waals surface area (Å²) < 4.78 is 27.2. The lowest BCUT2D eigenvalue weighted by Gasteiger charge is -2.26. The maximum atomic E-state index is 12.2. The molecule has 5 nitrogen and oxygen atoms in total. The molecule has 1 aliphatic carbocycles. The van der Waals surface area contributed by atoms with Crippen molar-refractivity contribution in [3.8, 4) is 0 Å². The van der Waals surface area contributed by atoms with E-state index in [4.69, 9.17) is 0 Å². The number of hydrogen-bond acceptors (Lipinski definition) is 5. The molecule has 1 saturated carbocycles. The third kappa shape index (κ3) is 3.24. The molecule has 1 fully saturated rings. The van der Waals surface area contributed by atoms with Gasteiger partial charge in [-0.2, -0.15) is 11.8 Å². The van der Waals surface area contributed by atoms with Crippen molar-refractivity contribution in [2.75, 3.05) is 12.8 Å². The fraction of sp³-hybridized carbons (Fsp3) is 0.727. The molecule has 2 rings (SSSR count). The second-order valence-electron chi connectivity index (χ2n) is 4.85. The third-order valence-electron chi connectivity index (χ3n) is 3.56. The largest absolute Gasteiger partial charge is 0.315 e. The molecule has 0 aromatic carbocycles. The first kappa shape index (κ1) is 15.1. The average Bonchev–Trinajstić information content (AvgIpc) is 2.95. The molecule has 1 aromatic rings. The number of nitrogens with one attached hydrogen (secondary N) is 2. The lowest BCUT2D eigenvalue weighted by Crippen LogP contribution is -2.38. The van der Waals surface area contributed by atoms with Gasteiger partial charge in [0.05, 0.1) is 0 Å². The van der Waals surface area contributed by atoms with Gasteiger partial charge in [0.2, 0.25) is 0 Å². The Morgan fingerprint density at radius 1 is 1.42 bits per heavy atom. The predicted molar refractivity (Wildman–Crippen MR) is 79.6 cm³/mol. The fourth-order valence-electron chi connectivity index (χ4n) is 2.41. The number of sulfonamides is 1. The highest BCUT2D eigenvalue weighted by Crippen LogP contribution is 2.39. The molecule has 19 heavy (non-hydrogen) atoms. The summed E-state index contributed by atoms with van der Waals surface area (Å²) in [6.07, 6.45) is 6.41. The Labute approximate surface area is 121 Å². The maximum Gasteiger partial charge on any atom is 0.305 e. The van der Waals surface area contributed by atoms with Crippen LogP contribution in [0.3, 0.4) is 0 Å². The Kier molecular flexibility index (Phi) is 4.44. The van der Waals surface area contributed by atoms with Crippen LogP contribution >= 0.6 is 23.1 Å². The van der Waals surface area contributed by atoms with Gasteiger partial charge in [-0.1, -0.05) is 24.2 Å². The summed E-state index contributed by atoms with van der Waals surface area (Å²) >= 11 is 2.47. The topological polar surface area (TPSA) is 79.0 Å². The standard InChI is InChI=1S/C11H18N2O3S3/c1-8-9(18-10(14)13-8)19(15,16)12-7-11(17-2)5-3-4-6-11/h12H,3-7H2,1-2H3,(H,13,14). The Morgan fingerprint density at radius 2 is 2.05 bits per heavy atom. The van der Waals surface area contributed by atoms with Crippen molar-refractivity contribution in [2.24, 2.45) is 0 Å². The number of aryl methyl sites for hydroxylation is 1. The van der Waals surface area contributed by atoms with E-state index in [0.29, 0.717) is 12.2 Å². The van der Waals surface area contributed by atoms with E-state index < -0.39 is 10.0 Å². The van der Waals surface area contributed by atoms with Gasteiger partial charge in [0.25, 0.3) is 10.0 Å². The minimum atomic E-state index is -3.58. The van der Waals surface area contributed by atoms with Crippen LogP contribution in [0.1, 0.15) is 31.4 Å². The lowest BCUT2D eigenvalue weighted by atomic mass is 10.1. The van der Waals surface area contributed by atoms with Gasteiger partial charge in [0.1, 0.15) is 0 Å². The Balaban J connectivity index is 2.14.